The lowest BCUT2D eigenvalue weighted by Crippen LogP contribution is -2.62. The summed E-state index contributed by atoms with van der Waals surface area (Å²) >= 11 is 0. The molecule has 3 rings (SSSR count). The van der Waals surface area contributed by atoms with Crippen molar-refractivity contribution in [2.24, 2.45) is 0 Å². The molecule has 0 spiro atoms. The van der Waals surface area contributed by atoms with Crippen LogP contribution < -0.4 is 20.7 Å². The van der Waals surface area contributed by atoms with Crippen molar-refractivity contribution >= 4 is 0 Å². The maximum Gasteiger partial charge on any atom is 0.194 e. The normalized spacial score (nSPS) is 20.8. The predicted octanol–water partition coefficient (Wildman–Crippen LogP) is 3.02. The number of ether oxygens (including phenoxy) is 1. The van der Waals surface area contributed by atoms with Crippen molar-refractivity contribution in [1.29, 1.82) is 0 Å². The van der Waals surface area contributed by atoms with E-state index < -0.39 is 11.4 Å². The first-order chi connectivity index (χ1) is 12.8. The molecule has 146 valence electrons. The third-order valence-electron chi connectivity index (χ3n) is 5.85. The average Bonchev–Trinajstić information content (AvgIpc) is 2.69. The van der Waals surface area contributed by atoms with Crippen molar-refractivity contribution in [3.63, 3.8) is 0 Å². The van der Waals surface area contributed by atoms with E-state index in [2.05, 4.69) is 35.0 Å². The van der Waals surface area contributed by atoms with Gasteiger partial charge in [-0.15, -0.1) is 0 Å². The zero-order chi connectivity index (χ0) is 19.8. The van der Waals surface area contributed by atoms with E-state index in [-0.39, 0.29) is 5.75 Å². The van der Waals surface area contributed by atoms with Gasteiger partial charge in [-0.3, -0.25) is 16.0 Å². The van der Waals surface area contributed by atoms with Crippen LogP contribution >= 0.6 is 0 Å². The summed E-state index contributed by atoms with van der Waals surface area (Å²) in [7, 11) is 5.77. The Balaban J connectivity index is 2.25. The highest BCUT2D eigenvalue weighted by atomic mass is 16.5. The Morgan fingerprint density at radius 2 is 1.70 bits per heavy atom. The van der Waals surface area contributed by atoms with Crippen molar-refractivity contribution in [3.8, 4) is 11.5 Å². The molecule has 0 fully saturated rings. The highest BCUT2D eigenvalue weighted by Gasteiger charge is 2.50. The van der Waals surface area contributed by atoms with Gasteiger partial charge in [-0.05, 0) is 70.7 Å². The lowest BCUT2D eigenvalue weighted by molar-refractivity contribution is -0.0330. The van der Waals surface area contributed by atoms with Crippen LogP contribution in [0.25, 0.3) is 0 Å². The first-order valence-corrected chi connectivity index (χ1v) is 9.54. The molecular formula is C22H31N3O2. The average molecular weight is 370 g/mol. The van der Waals surface area contributed by atoms with E-state index in [1.165, 1.54) is 5.56 Å². The van der Waals surface area contributed by atoms with Crippen molar-refractivity contribution in [2.45, 2.75) is 45.0 Å². The molecule has 0 aromatic heterocycles. The molecule has 0 bridgehead atoms. The van der Waals surface area contributed by atoms with E-state index in [0.29, 0.717) is 6.42 Å². The van der Waals surface area contributed by atoms with Gasteiger partial charge >= 0.3 is 0 Å². The van der Waals surface area contributed by atoms with E-state index >= 15 is 0 Å². The van der Waals surface area contributed by atoms with Gasteiger partial charge in [-0.2, -0.15) is 0 Å². The number of phenols is 1. The number of hydrogen-bond acceptors (Lipinski definition) is 5. The van der Waals surface area contributed by atoms with Crippen molar-refractivity contribution < 1.29 is 9.84 Å². The van der Waals surface area contributed by atoms with E-state index in [1.54, 1.807) is 0 Å². The van der Waals surface area contributed by atoms with Gasteiger partial charge in [0.05, 0.1) is 5.56 Å². The minimum Gasteiger partial charge on any atom is -0.507 e. The van der Waals surface area contributed by atoms with Gasteiger partial charge in [0.1, 0.15) is 17.2 Å². The Morgan fingerprint density at radius 3 is 2.30 bits per heavy atom. The molecule has 1 aliphatic rings. The minimum absolute atomic E-state index is 0.268. The van der Waals surface area contributed by atoms with Crippen LogP contribution in [0.1, 0.15) is 41.2 Å². The molecule has 5 nitrogen and oxygen atoms in total. The van der Waals surface area contributed by atoms with Crippen LogP contribution in [-0.2, 0) is 17.8 Å². The number of rotatable bonds is 5. The third kappa shape index (κ3) is 3.10. The SMILES string of the molecule is CCc1ccc2c(c1)C(NC)(NC)C[C@](NC)(c1cc(C)cc(C)c1O)O2. The second-order valence-corrected chi connectivity index (χ2v) is 7.42. The van der Waals surface area contributed by atoms with Gasteiger partial charge < -0.3 is 9.84 Å². The first-order valence-electron chi connectivity index (χ1n) is 9.54. The van der Waals surface area contributed by atoms with Crippen molar-refractivity contribution in [3.05, 3.63) is 58.1 Å². The Bertz CT molecular complexity index is 846. The van der Waals surface area contributed by atoms with Crippen LogP contribution in [-0.4, -0.2) is 26.2 Å². The monoisotopic (exact) mass is 369 g/mol. The smallest absolute Gasteiger partial charge is 0.194 e. The van der Waals surface area contributed by atoms with Crippen LogP contribution in [0.3, 0.4) is 0 Å². The molecule has 2 aromatic carbocycles. The number of aryl methyl sites for hydroxylation is 3. The van der Waals surface area contributed by atoms with E-state index in [9.17, 15) is 5.11 Å². The van der Waals surface area contributed by atoms with Gasteiger partial charge in [-0.1, -0.05) is 24.6 Å². The maximum absolute atomic E-state index is 10.9. The molecule has 0 radical (unpaired) electrons. The molecule has 1 heterocycles. The van der Waals surface area contributed by atoms with Gasteiger partial charge in [0, 0.05) is 12.0 Å². The second kappa shape index (κ2) is 7.15. The van der Waals surface area contributed by atoms with Crippen LogP contribution in [0.5, 0.6) is 11.5 Å². The van der Waals surface area contributed by atoms with E-state index in [0.717, 1.165) is 34.4 Å². The predicted molar refractivity (Wildman–Crippen MR) is 109 cm³/mol. The minimum atomic E-state index is -0.867. The van der Waals surface area contributed by atoms with Gasteiger partial charge in [0.25, 0.3) is 0 Å². The summed E-state index contributed by atoms with van der Waals surface area (Å²) in [6, 6.07) is 10.3. The molecule has 1 atom stereocenters. The Hall–Kier alpha value is -2.08. The number of phenolic OH excluding ortho intramolecular Hbond substituents is 1. The van der Waals surface area contributed by atoms with Gasteiger partial charge in [0.15, 0.2) is 5.72 Å². The fraction of sp³-hybridized carbons (Fsp3) is 0.455. The largest absolute Gasteiger partial charge is 0.507 e. The topological polar surface area (TPSA) is 65.5 Å². The Morgan fingerprint density at radius 1 is 1.00 bits per heavy atom. The quantitative estimate of drug-likeness (QED) is 0.610. The maximum atomic E-state index is 10.9. The molecule has 0 aliphatic carbocycles. The standard InChI is InChI=1S/C22H31N3O2/c1-7-16-8-9-19-17(12-16)21(23-4,24-5)13-22(25-6,27-19)18-11-14(2)10-15(3)20(18)26/h8-12,23-26H,7,13H2,1-6H3/t22-/m1/s1. The molecule has 0 unspecified atom stereocenters. The molecule has 27 heavy (non-hydrogen) atoms. The summed E-state index contributed by atoms with van der Waals surface area (Å²) in [6.45, 7) is 6.10. The van der Waals surface area contributed by atoms with E-state index in [4.69, 9.17) is 4.74 Å². The van der Waals surface area contributed by atoms with Crippen molar-refractivity contribution in [1.82, 2.24) is 16.0 Å². The molecule has 0 saturated heterocycles. The molecule has 4 N–H and O–H groups in total. The fourth-order valence-electron chi connectivity index (χ4n) is 4.18. The number of aromatic hydroxyl groups is 1. The van der Waals surface area contributed by atoms with Crippen LogP contribution in [0.4, 0.5) is 0 Å². The van der Waals surface area contributed by atoms with Crippen LogP contribution in [0.2, 0.25) is 0 Å². The number of nitrogens with one attached hydrogen (secondary N) is 3. The molecule has 5 heteroatoms. The summed E-state index contributed by atoms with van der Waals surface area (Å²) < 4.78 is 6.55. The van der Waals surface area contributed by atoms with Crippen LogP contribution in [0.15, 0.2) is 30.3 Å². The third-order valence-corrected chi connectivity index (χ3v) is 5.85. The molecule has 1 aliphatic heterocycles. The summed E-state index contributed by atoms with van der Waals surface area (Å²) in [5.74, 6) is 1.07. The van der Waals surface area contributed by atoms with Gasteiger partial charge in [0.2, 0.25) is 0 Å². The Labute approximate surface area is 162 Å². The fourth-order valence-corrected chi connectivity index (χ4v) is 4.18. The first kappa shape index (κ1) is 19.7. The zero-order valence-corrected chi connectivity index (χ0v) is 17.2. The molecule has 0 saturated carbocycles. The number of fused-ring (bicyclic) bond motifs is 1. The second-order valence-electron chi connectivity index (χ2n) is 7.42. The van der Waals surface area contributed by atoms with Crippen molar-refractivity contribution in [2.75, 3.05) is 21.1 Å². The summed E-state index contributed by atoms with van der Waals surface area (Å²) in [5.41, 5.74) is 3.67. The highest BCUT2D eigenvalue weighted by molar-refractivity contribution is 5.50. The summed E-state index contributed by atoms with van der Waals surface area (Å²) in [5, 5.41) is 21.2. The molecule has 0 amide bonds. The Kier molecular flexibility index (Phi) is 5.21. The lowest BCUT2D eigenvalue weighted by atomic mass is 9.81. The highest BCUT2D eigenvalue weighted by Crippen LogP contribution is 2.48. The number of hydrogen-bond donors (Lipinski definition) is 4. The van der Waals surface area contributed by atoms with Crippen LogP contribution in [0, 0.1) is 13.8 Å². The lowest BCUT2D eigenvalue weighted by Gasteiger charge is -2.49. The number of benzene rings is 2. The van der Waals surface area contributed by atoms with Gasteiger partial charge in [-0.25, -0.2) is 0 Å². The zero-order valence-electron chi connectivity index (χ0n) is 17.2. The molecular weight excluding hydrogens is 338 g/mol. The summed E-state index contributed by atoms with van der Waals surface area (Å²) in [4.78, 5) is 0. The summed E-state index contributed by atoms with van der Waals surface area (Å²) in [6.07, 6.45) is 1.53. The molecule has 2 aromatic rings. The van der Waals surface area contributed by atoms with E-state index in [1.807, 2.05) is 53.2 Å².